The standard InChI is InChI=1S/C26H30O4/c1-26-12-11-20-19-10-8-18(30-15-16-5-3-2-4-6-16)13-17(19)7-9-21(20)23(26)14-22(24(26)27)25(28)29/h2-6,8,10,13,20-24,27H,7,9,11-12,14-15H2,1H3,(H,28,29)/t20?,21?,22?,23?,24-,26-/m0/s1. The van der Waals surface area contributed by atoms with Crippen LogP contribution in [0.15, 0.2) is 48.5 Å². The molecule has 6 atom stereocenters. The van der Waals surface area contributed by atoms with E-state index in [1.165, 1.54) is 11.1 Å². The fourth-order valence-electron chi connectivity index (χ4n) is 6.65. The molecule has 0 radical (unpaired) electrons. The van der Waals surface area contributed by atoms with Gasteiger partial charge in [0.1, 0.15) is 12.4 Å². The van der Waals surface area contributed by atoms with E-state index in [0.29, 0.717) is 24.9 Å². The number of hydrogen-bond donors (Lipinski definition) is 2. The number of ether oxygens (including phenoxy) is 1. The molecule has 0 heterocycles. The summed E-state index contributed by atoms with van der Waals surface area (Å²) in [5.41, 5.74) is 3.68. The molecule has 0 amide bonds. The smallest absolute Gasteiger partial charge is 0.309 e. The largest absolute Gasteiger partial charge is 0.489 e. The van der Waals surface area contributed by atoms with Crippen LogP contribution >= 0.6 is 0 Å². The minimum absolute atomic E-state index is 0.263. The summed E-state index contributed by atoms with van der Waals surface area (Å²) in [5.74, 6) is 0.675. The Labute approximate surface area is 177 Å². The van der Waals surface area contributed by atoms with Crippen LogP contribution in [0.2, 0.25) is 0 Å². The highest BCUT2D eigenvalue weighted by atomic mass is 16.5. The molecule has 0 bridgehead atoms. The molecule has 2 N–H and O–H groups in total. The van der Waals surface area contributed by atoms with Gasteiger partial charge in [0, 0.05) is 0 Å². The van der Waals surface area contributed by atoms with Crippen LogP contribution in [0.5, 0.6) is 5.75 Å². The molecular formula is C26H30O4. The third-order valence-electron chi connectivity index (χ3n) is 8.27. The highest BCUT2D eigenvalue weighted by molar-refractivity contribution is 5.71. The molecule has 3 aliphatic carbocycles. The van der Waals surface area contributed by atoms with Crippen molar-refractivity contribution in [3.8, 4) is 5.75 Å². The second-order valence-electron chi connectivity index (χ2n) is 9.72. The molecule has 3 aliphatic rings. The van der Waals surface area contributed by atoms with Gasteiger partial charge in [0.2, 0.25) is 0 Å². The highest BCUT2D eigenvalue weighted by Gasteiger charge is 2.59. The summed E-state index contributed by atoms with van der Waals surface area (Å²) in [6, 6.07) is 16.7. The molecule has 2 aromatic rings. The molecule has 4 heteroatoms. The van der Waals surface area contributed by atoms with Crippen LogP contribution in [0.1, 0.15) is 55.2 Å². The maximum Gasteiger partial charge on any atom is 0.309 e. The number of benzene rings is 2. The van der Waals surface area contributed by atoms with E-state index in [-0.39, 0.29) is 11.3 Å². The van der Waals surface area contributed by atoms with E-state index in [1.54, 1.807) is 0 Å². The van der Waals surface area contributed by atoms with E-state index >= 15 is 0 Å². The van der Waals surface area contributed by atoms with Gasteiger partial charge in [-0.25, -0.2) is 0 Å². The van der Waals surface area contributed by atoms with Crippen molar-refractivity contribution in [2.45, 2.75) is 57.7 Å². The average molecular weight is 407 g/mol. The van der Waals surface area contributed by atoms with Crippen molar-refractivity contribution < 1.29 is 19.7 Å². The van der Waals surface area contributed by atoms with Gasteiger partial charge in [-0.15, -0.1) is 0 Å². The molecule has 5 rings (SSSR count). The van der Waals surface area contributed by atoms with Gasteiger partial charge in [-0.05, 0) is 84.1 Å². The van der Waals surface area contributed by atoms with Gasteiger partial charge in [-0.1, -0.05) is 43.3 Å². The van der Waals surface area contributed by atoms with E-state index in [4.69, 9.17) is 4.74 Å². The van der Waals surface area contributed by atoms with E-state index in [0.717, 1.165) is 37.0 Å². The zero-order valence-corrected chi connectivity index (χ0v) is 17.5. The zero-order chi connectivity index (χ0) is 20.9. The summed E-state index contributed by atoms with van der Waals surface area (Å²) in [4.78, 5) is 11.7. The van der Waals surface area contributed by atoms with Crippen molar-refractivity contribution in [2.75, 3.05) is 0 Å². The summed E-state index contributed by atoms with van der Waals surface area (Å²) in [5, 5.41) is 20.4. The van der Waals surface area contributed by atoms with Crippen molar-refractivity contribution in [1.82, 2.24) is 0 Å². The lowest BCUT2D eigenvalue weighted by Gasteiger charge is -2.50. The molecule has 2 fully saturated rings. The fraction of sp³-hybridized carbons (Fsp3) is 0.500. The number of rotatable bonds is 4. The number of hydrogen-bond acceptors (Lipinski definition) is 3. The lowest BCUT2D eigenvalue weighted by atomic mass is 9.55. The van der Waals surface area contributed by atoms with Gasteiger partial charge in [0.05, 0.1) is 12.0 Å². The molecule has 30 heavy (non-hydrogen) atoms. The summed E-state index contributed by atoms with van der Waals surface area (Å²) in [6.45, 7) is 2.69. The van der Waals surface area contributed by atoms with Crippen molar-refractivity contribution in [3.63, 3.8) is 0 Å². The van der Waals surface area contributed by atoms with Crippen LogP contribution in [0.4, 0.5) is 0 Å². The second-order valence-corrected chi connectivity index (χ2v) is 9.72. The number of carbonyl (C=O) groups is 1. The molecule has 4 unspecified atom stereocenters. The van der Waals surface area contributed by atoms with Crippen LogP contribution in [0.3, 0.4) is 0 Å². The first-order valence-corrected chi connectivity index (χ1v) is 11.2. The van der Waals surface area contributed by atoms with Crippen molar-refractivity contribution in [1.29, 1.82) is 0 Å². The van der Waals surface area contributed by atoms with Crippen molar-refractivity contribution in [3.05, 3.63) is 65.2 Å². The summed E-state index contributed by atoms with van der Waals surface area (Å²) in [6.07, 6.45) is 3.88. The van der Waals surface area contributed by atoms with Crippen LogP contribution in [0, 0.1) is 23.2 Å². The second kappa shape index (κ2) is 7.42. The van der Waals surface area contributed by atoms with Gasteiger partial charge in [0.15, 0.2) is 0 Å². The van der Waals surface area contributed by atoms with Crippen LogP contribution in [-0.4, -0.2) is 22.3 Å². The molecule has 0 aromatic heterocycles. The first kappa shape index (κ1) is 19.6. The Kier molecular flexibility index (Phi) is 4.85. The Morgan fingerprint density at radius 1 is 1.17 bits per heavy atom. The number of aliphatic hydroxyl groups is 1. The molecule has 158 valence electrons. The normalized spacial score (nSPS) is 34.5. The van der Waals surface area contributed by atoms with Gasteiger partial charge < -0.3 is 14.9 Å². The number of fused-ring (bicyclic) bond motifs is 5. The molecule has 2 aromatic carbocycles. The minimum atomic E-state index is -0.842. The summed E-state index contributed by atoms with van der Waals surface area (Å²) < 4.78 is 6.04. The van der Waals surface area contributed by atoms with Crippen LogP contribution in [-0.2, 0) is 17.8 Å². The van der Waals surface area contributed by atoms with Gasteiger partial charge in [-0.2, -0.15) is 0 Å². The van der Waals surface area contributed by atoms with E-state index < -0.39 is 18.0 Å². The first-order valence-electron chi connectivity index (χ1n) is 11.2. The number of aryl methyl sites for hydroxylation is 1. The molecule has 0 spiro atoms. The molecule has 0 aliphatic heterocycles. The maximum absolute atomic E-state index is 11.7. The number of carboxylic acid groups (broad SMARTS) is 1. The Morgan fingerprint density at radius 2 is 1.97 bits per heavy atom. The topological polar surface area (TPSA) is 66.8 Å². The van der Waals surface area contributed by atoms with Crippen LogP contribution in [0.25, 0.3) is 0 Å². The molecular weight excluding hydrogens is 376 g/mol. The lowest BCUT2D eigenvalue weighted by molar-refractivity contribution is -0.146. The SMILES string of the molecule is C[C@]12CCC3c4ccc(OCc5ccccc5)cc4CCC3C1CC(C(=O)O)[C@@H]2O. The Morgan fingerprint density at radius 3 is 2.73 bits per heavy atom. The quantitative estimate of drug-likeness (QED) is 0.766. The van der Waals surface area contributed by atoms with E-state index in [2.05, 4.69) is 37.3 Å². The molecule has 0 saturated heterocycles. The number of aliphatic hydroxyl groups excluding tert-OH is 1. The summed E-state index contributed by atoms with van der Waals surface area (Å²) in [7, 11) is 0. The molecule has 2 saturated carbocycles. The minimum Gasteiger partial charge on any atom is -0.489 e. The Hall–Kier alpha value is -2.33. The van der Waals surface area contributed by atoms with Crippen molar-refractivity contribution >= 4 is 5.97 Å². The monoisotopic (exact) mass is 406 g/mol. The van der Waals surface area contributed by atoms with Gasteiger partial charge >= 0.3 is 5.97 Å². The van der Waals surface area contributed by atoms with Gasteiger partial charge in [-0.3, -0.25) is 4.79 Å². The third-order valence-corrected chi connectivity index (χ3v) is 8.27. The number of aliphatic carboxylic acids is 1. The molecule has 4 nitrogen and oxygen atoms in total. The third kappa shape index (κ3) is 3.13. The zero-order valence-electron chi connectivity index (χ0n) is 17.5. The summed E-state index contributed by atoms with van der Waals surface area (Å²) >= 11 is 0. The Balaban J connectivity index is 1.35. The Bertz CT molecular complexity index is 939. The predicted molar refractivity (Wildman–Crippen MR) is 114 cm³/mol. The van der Waals surface area contributed by atoms with Crippen molar-refractivity contribution in [2.24, 2.45) is 23.2 Å². The average Bonchev–Trinajstić information content (AvgIpc) is 3.04. The van der Waals surface area contributed by atoms with E-state index in [9.17, 15) is 15.0 Å². The number of carboxylic acids is 1. The lowest BCUT2D eigenvalue weighted by Crippen LogP contribution is -2.44. The maximum atomic E-state index is 11.7. The van der Waals surface area contributed by atoms with E-state index in [1.807, 2.05) is 18.2 Å². The van der Waals surface area contributed by atoms with Crippen LogP contribution < -0.4 is 4.74 Å². The van der Waals surface area contributed by atoms with Gasteiger partial charge in [0.25, 0.3) is 0 Å². The highest BCUT2D eigenvalue weighted by Crippen LogP contribution is 2.62. The fourth-order valence-corrected chi connectivity index (χ4v) is 6.65. The predicted octanol–water partition coefficient (Wildman–Crippen LogP) is 4.79. The first-order chi connectivity index (χ1) is 14.5.